The van der Waals surface area contributed by atoms with Gasteiger partial charge in [-0.15, -0.1) is 25.3 Å². The van der Waals surface area contributed by atoms with Crippen LogP contribution in [0.5, 0.6) is 0 Å². The molecular weight excluding hydrogens is 446 g/mol. The van der Waals surface area contributed by atoms with Gasteiger partial charge in [0.15, 0.2) is 0 Å². The van der Waals surface area contributed by atoms with Crippen molar-refractivity contribution in [3.8, 4) is 33.4 Å². The van der Waals surface area contributed by atoms with E-state index in [1.165, 1.54) is 6.92 Å². The Balaban J connectivity index is 1.74. The summed E-state index contributed by atoms with van der Waals surface area (Å²) in [6.07, 6.45) is 3.48. The molecule has 4 rings (SSSR count). The summed E-state index contributed by atoms with van der Waals surface area (Å²) < 4.78 is 0. The largest absolute Gasteiger partial charge is 0.326 e. The van der Waals surface area contributed by atoms with Crippen molar-refractivity contribution in [1.82, 2.24) is 9.97 Å². The van der Waals surface area contributed by atoms with Crippen molar-refractivity contribution in [1.29, 1.82) is 0 Å². The molecule has 0 bridgehead atoms. The van der Waals surface area contributed by atoms with Crippen LogP contribution in [-0.4, -0.2) is 15.9 Å². The Morgan fingerprint density at radius 1 is 0.839 bits per heavy atom. The summed E-state index contributed by atoms with van der Waals surface area (Å²) in [5, 5.41) is 4.63. The summed E-state index contributed by atoms with van der Waals surface area (Å²) in [5.74, 6) is -0.108. The van der Waals surface area contributed by atoms with E-state index in [1.54, 1.807) is 12.4 Å². The Morgan fingerprint density at radius 3 is 2.23 bits per heavy atom. The van der Waals surface area contributed by atoms with E-state index in [-0.39, 0.29) is 5.91 Å². The predicted octanol–water partition coefficient (Wildman–Crippen LogP) is 6.67. The van der Waals surface area contributed by atoms with Crippen molar-refractivity contribution >= 4 is 48.5 Å². The van der Waals surface area contributed by atoms with Crippen LogP contribution < -0.4 is 5.32 Å². The predicted molar refractivity (Wildman–Crippen MR) is 132 cm³/mol. The molecule has 2 aromatic carbocycles. The van der Waals surface area contributed by atoms with Crippen LogP contribution in [0.2, 0.25) is 5.02 Å². The molecule has 0 radical (unpaired) electrons. The molecule has 0 saturated carbocycles. The van der Waals surface area contributed by atoms with E-state index in [0.717, 1.165) is 39.1 Å². The number of rotatable bonds is 4. The number of aromatic nitrogens is 2. The van der Waals surface area contributed by atoms with E-state index in [9.17, 15) is 4.79 Å². The van der Waals surface area contributed by atoms with Gasteiger partial charge >= 0.3 is 0 Å². The number of nitrogens with zero attached hydrogens (tertiary/aromatic N) is 2. The van der Waals surface area contributed by atoms with Gasteiger partial charge in [0.05, 0.1) is 0 Å². The smallest absolute Gasteiger partial charge is 0.221 e. The standard InChI is InChI=1S/C24H18ClN3OS2/c1-14(29)28-18-7-4-15(5-8-18)20-12-17(13-27-24(20)31)16-6-9-22(25)21(11-16)19-3-2-10-26-23(19)30/h2-13H,1H3,(H,26,30)(H,27,31)(H,28,29). The molecule has 0 aliphatic carbocycles. The van der Waals surface area contributed by atoms with Crippen LogP contribution in [0, 0.1) is 0 Å². The fourth-order valence-electron chi connectivity index (χ4n) is 3.28. The number of amides is 1. The molecule has 2 heterocycles. The number of halogens is 1. The summed E-state index contributed by atoms with van der Waals surface area (Å²) in [6.45, 7) is 1.48. The van der Waals surface area contributed by atoms with Gasteiger partial charge in [-0.25, -0.2) is 9.97 Å². The Kier molecular flexibility index (Phi) is 6.32. The molecule has 0 aliphatic heterocycles. The van der Waals surface area contributed by atoms with E-state index >= 15 is 0 Å². The Labute approximate surface area is 196 Å². The van der Waals surface area contributed by atoms with Gasteiger partial charge in [0.1, 0.15) is 10.1 Å². The molecule has 1 N–H and O–H groups in total. The van der Waals surface area contributed by atoms with Gasteiger partial charge in [0.2, 0.25) is 5.91 Å². The molecular formula is C24H18ClN3OS2. The summed E-state index contributed by atoms with van der Waals surface area (Å²) in [5.41, 5.74) is 6.20. The van der Waals surface area contributed by atoms with Crippen LogP contribution >= 0.6 is 36.9 Å². The molecule has 0 spiro atoms. The molecule has 0 saturated heterocycles. The molecule has 4 nitrogen and oxygen atoms in total. The lowest BCUT2D eigenvalue weighted by molar-refractivity contribution is -0.114. The molecule has 2 aromatic heterocycles. The second-order valence-corrected chi connectivity index (χ2v) is 8.18. The second-order valence-electron chi connectivity index (χ2n) is 6.92. The monoisotopic (exact) mass is 463 g/mol. The molecule has 0 unspecified atom stereocenters. The van der Waals surface area contributed by atoms with E-state index in [1.807, 2.05) is 60.7 Å². The average Bonchev–Trinajstić information content (AvgIpc) is 2.75. The Morgan fingerprint density at radius 2 is 1.52 bits per heavy atom. The summed E-state index contributed by atoms with van der Waals surface area (Å²) in [6, 6.07) is 19.3. The number of carbonyl (C=O) groups excluding carboxylic acids is 1. The normalized spacial score (nSPS) is 10.7. The van der Waals surface area contributed by atoms with Gasteiger partial charge in [0.25, 0.3) is 0 Å². The summed E-state index contributed by atoms with van der Waals surface area (Å²) in [4.78, 5) is 20.0. The van der Waals surface area contributed by atoms with E-state index in [2.05, 4.69) is 40.5 Å². The number of pyridine rings is 2. The maximum absolute atomic E-state index is 11.2. The molecule has 4 aromatic rings. The highest BCUT2D eigenvalue weighted by atomic mass is 35.5. The van der Waals surface area contributed by atoms with Crippen molar-refractivity contribution in [2.24, 2.45) is 0 Å². The van der Waals surface area contributed by atoms with Crippen LogP contribution in [0.3, 0.4) is 0 Å². The molecule has 1 amide bonds. The van der Waals surface area contributed by atoms with E-state index in [4.69, 9.17) is 11.6 Å². The van der Waals surface area contributed by atoms with E-state index in [0.29, 0.717) is 15.1 Å². The van der Waals surface area contributed by atoms with Crippen LogP contribution in [0.15, 0.2) is 83.1 Å². The molecule has 154 valence electrons. The zero-order chi connectivity index (χ0) is 22.0. The number of hydrogen-bond donors (Lipinski definition) is 3. The lowest BCUT2D eigenvalue weighted by Crippen LogP contribution is -2.05. The van der Waals surface area contributed by atoms with Gasteiger partial charge in [-0.1, -0.05) is 35.9 Å². The molecule has 7 heteroatoms. The Bertz CT molecular complexity index is 1280. The second kappa shape index (κ2) is 9.14. The summed E-state index contributed by atoms with van der Waals surface area (Å²) >= 11 is 15.5. The van der Waals surface area contributed by atoms with Crippen LogP contribution in [0.4, 0.5) is 5.69 Å². The van der Waals surface area contributed by atoms with Crippen LogP contribution in [-0.2, 0) is 4.79 Å². The SMILES string of the molecule is CC(=O)Nc1ccc(-c2cc(-c3ccc(Cl)c(-c4cccnc4S)c3)cnc2S)cc1. The van der Waals surface area contributed by atoms with Gasteiger partial charge in [-0.05, 0) is 47.5 Å². The van der Waals surface area contributed by atoms with Crippen molar-refractivity contribution in [2.75, 3.05) is 5.32 Å². The maximum Gasteiger partial charge on any atom is 0.221 e. The zero-order valence-electron chi connectivity index (χ0n) is 16.5. The fraction of sp³-hybridized carbons (Fsp3) is 0.0417. The van der Waals surface area contributed by atoms with Gasteiger partial charge in [0, 0.05) is 52.3 Å². The van der Waals surface area contributed by atoms with E-state index < -0.39 is 0 Å². The first-order valence-corrected chi connectivity index (χ1v) is 10.7. The first-order chi connectivity index (χ1) is 14.9. The maximum atomic E-state index is 11.2. The minimum atomic E-state index is -0.108. The highest BCUT2D eigenvalue weighted by molar-refractivity contribution is 7.80. The minimum Gasteiger partial charge on any atom is -0.326 e. The highest BCUT2D eigenvalue weighted by Gasteiger charge is 2.12. The lowest BCUT2D eigenvalue weighted by Gasteiger charge is -2.12. The number of hydrogen-bond acceptors (Lipinski definition) is 5. The average molecular weight is 464 g/mol. The first-order valence-electron chi connectivity index (χ1n) is 9.43. The van der Waals surface area contributed by atoms with Crippen LogP contribution in [0.1, 0.15) is 6.92 Å². The third-order valence-electron chi connectivity index (χ3n) is 4.76. The summed E-state index contributed by atoms with van der Waals surface area (Å²) in [7, 11) is 0. The van der Waals surface area contributed by atoms with Gasteiger partial charge in [-0.2, -0.15) is 0 Å². The molecule has 0 aliphatic rings. The van der Waals surface area contributed by atoms with Crippen molar-refractivity contribution < 1.29 is 4.79 Å². The number of benzene rings is 2. The molecule has 31 heavy (non-hydrogen) atoms. The topological polar surface area (TPSA) is 54.9 Å². The minimum absolute atomic E-state index is 0.108. The quantitative estimate of drug-likeness (QED) is 0.296. The third kappa shape index (κ3) is 4.77. The first kappa shape index (κ1) is 21.4. The lowest BCUT2D eigenvalue weighted by atomic mass is 9.98. The molecule has 0 atom stereocenters. The van der Waals surface area contributed by atoms with Gasteiger partial charge in [-0.3, -0.25) is 4.79 Å². The zero-order valence-corrected chi connectivity index (χ0v) is 19.0. The van der Waals surface area contributed by atoms with Crippen molar-refractivity contribution in [3.05, 3.63) is 78.1 Å². The van der Waals surface area contributed by atoms with Gasteiger partial charge < -0.3 is 5.32 Å². The third-order valence-corrected chi connectivity index (χ3v) is 5.80. The van der Waals surface area contributed by atoms with Crippen molar-refractivity contribution in [2.45, 2.75) is 17.0 Å². The van der Waals surface area contributed by atoms with Crippen LogP contribution in [0.25, 0.3) is 33.4 Å². The van der Waals surface area contributed by atoms with Crippen molar-refractivity contribution in [3.63, 3.8) is 0 Å². The number of thiol groups is 2. The Hall–Kier alpha value is -2.80. The number of nitrogens with one attached hydrogen (secondary N) is 1. The highest BCUT2D eigenvalue weighted by Crippen LogP contribution is 2.36. The molecule has 0 fully saturated rings. The number of carbonyl (C=O) groups is 1. The fourth-order valence-corrected chi connectivity index (χ4v) is 4.02. The number of anilines is 1.